The first-order valence-electron chi connectivity index (χ1n) is 7.70. The molecule has 1 rings (SSSR count). The van der Waals surface area contributed by atoms with Crippen molar-refractivity contribution < 1.29 is 9.53 Å². The third-order valence-corrected chi connectivity index (χ3v) is 3.40. The summed E-state index contributed by atoms with van der Waals surface area (Å²) in [7, 11) is 0. The summed E-state index contributed by atoms with van der Waals surface area (Å²) < 4.78 is 5.25. The molecule has 0 radical (unpaired) electrons. The van der Waals surface area contributed by atoms with E-state index in [-0.39, 0.29) is 0 Å². The van der Waals surface area contributed by atoms with Gasteiger partial charge in [0.2, 0.25) is 0 Å². The number of ether oxygens (including phenoxy) is 1. The van der Waals surface area contributed by atoms with Gasteiger partial charge in [0.1, 0.15) is 5.75 Å². The minimum atomic E-state index is -0.392. The molecule has 1 aromatic carbocycles. The van der Waals surface area contributed by atoms with E-state index in [4.69, 9.17) is 4.74 Å². The summed E-state index contributed by atoms with van der Waals surface area (Å²) in [5.74, 6) is 0.278. The Balaban J connectivity index is 2.32. The van der Waals surface area contributed by atoms with Crippen molar-refractivity contribution in [3.63, 3.8) is 0 Å². The van der Waals surface area contributed by atoms with Crippen LogP contribution in [-0.2, 0) is 11.2 Å². The first-order chi connectivity index (χ1) is 9.77. The molecule has 0 heterocycles. The smallest absolute Gasteiger partial charge is 0.335 e. The Morgan fingerprint density at radius 3 is 2.45 bits per heavy atom. The average molecular weight is 274 g/mol. The number of para-hydroxylation sites is 1. The zero-order valence-corrected chi connectivity index (χ0v) is 12.6. The molecule has 0 aliphatic heterocycles. The minimum Gasteiger partial charge on any atom is -0.423 e. The highest BCUT2D eigenvalue weighted by atomic mass is 16.5. The second-order valence-electron chi connectivity index (χ2n) is 5.10. The molecule has 0 unspecified atom stereocenters. The molecule has 2 nitrogen and oxygen atoms in total. The molecule has 0 N–H and O–H groups in total. The molecule has 0 spiro atoms. The molecule has 20 heavy (non-hydrogen) atoms. The van der Waals surface area contributed by atoms with Gasteiger partial charge in [0.25, 0.3) is 0 Å². The predicted molar refractivity (Wildman–Crippen MR) is 84.0 cm³/mol. The molecule has 0 aliphatic carbocycles. The number of carbonyl (C=O) groups excluding carboxylic acids is 1. The van der Waals surface area contributed by atoms with Gasteiger partial charge in [-0.05, 0) is 24.5 Å². The maximum Gasteiger partial charge on any atom is 0.335 e. The van der Waals surface area contributed by atoms with Gasteiger partial charge in [-0.15, -0.1) is 0 Å². The predicted octanol–water partition coefficient (Wildman–Crippen LogP) is 5.07. The van der Waals surface area contributed by atoms with Crippen LogP contribution in [0.25, 0.3) is 0 Å². The SMILES string of the molecule is C=CC(=O)Oc1ccccc1CCCCCCCCC. The molecule has 0 aromatic heterocycles. The van der Waals surface area contributed by atoms with Crippen molar-refractivity contribution >= 4 is 5.97 Å². The summed E-state index contributed by atoms with van der Waals surface area (Å²) >= 11 is 0. The maximum atomic E-state index is 11.3. The normalized spacial score (nSPS) is 10.2. The van der Waals surface area contributed by atoms with Crippen molar-refractivity contribution in [2.45, 2.75) is 58.3 Å². The van der Waals surface area contributed by atoms with E-state index in [1.54, 1.807) is 0 Å². The lowest BCUT2D eigenvalue weighted by atomic mass is 10.0. The van der Waals surface area contributed by atoms with Crippen molar-refractivity contribution in [2.75, 3.05) is 0 Å². The Kier molecular flexibility index (Phi) is 8.44. The molecule has 2 heteroatoms. The topological polar surface area (TPSA) is 26.3 Å². The Bertz CT molecular complexity index is 410. The first-order valence-corrected chi connectivity index (χ1v) is 7.70. The van der Waals surface area contributed by atoms with Crippen LogP contribution in [0, 0.1) is 0 Å². The van der Waals surface area contributed by atoms with E-state index in [1.807, 2.05) is 24.3 Å². The molecular weight excluding hydrogens is 248 g/mol. The zero-order valence-electron chi connectivity index (χ0n) is 12.6. The van der Waals surface area contributed by atoms with Crippen LogP contribution in [0.3, 0.4) is 0 Å². The number of benzene rings is 1. The lowest BCUT2D eigenvalue weighted by molar-refractivity contribution is -0.129. The van der Waals surface area contributed by atoms with Crippen LogP contribution in [0.2, 0.25) is 0 Å². The Labute approximate surface area is 122 Å². The van der Waals surface area contributed by atoms with Gasteiger partial charge >= 0.3 is 5.97 Å². The summed E-state index contributed by atoms with van der Waals surface area (Å²) in [5, 5.41) is 0. The Morgan fingerprint density at radius 1 is 1.10 bits per heavy atom. The lowest BCUT2D eigenvalue weighted by Crippen LogP contribution is -2.05. The van der Waals surface area contributed by atoms with E-state index in [9.17, 15) is 4.79 Å². The van der Waals surface area contributed by atoms with E-state index in [2.05, 4.69) is 13.5 Å². The van der Waals surface area contributed by atoms with Crippen molar-refractivity contribution in [1.29, 1.82) is 0 Å². The first kappa shape index (κ1) is 16.5. The second kappa shape index (κ2) is 10.2. The molecule has 0 saturated heterocycles. The quantitative estimate of drug-likeness (QED) is 0.258. The van der Waals surface area contributed by atoms with Gasteiger partial charge < -0.3 is 4.74 Å². The van der Waals surface area contributed by atoms with Crippen molar-refractivity contribution in [1.82, 2.24) is 0 Å². The van der Waals surface area contributed by atoms with Gasteiger partial charge in [-0.3, -0.25) is 0 Å². The molecule has 0 saturated carbocycles. The van der Waals surface area contributed by atoms with Gasteiger partial charge in [0, 0.05) is 6.08 Å². The number of carbonyl (C=O) groups is 1. The fraction of sp³-hybridized carbons (Fsp3) is 0.500. The summed E-state index contributed by atoms with van der Waals surface area (Å²) in [6.45, 7) is 5.66. The molecule has 0 fully saturated rings. The molecule has 0 bridgehead atoms. The number of hydrogen-bond acceptors (Lipinski definition) is 2. The van der Waals surface area contributed by atoms with Crippen molar-refractivity contribution in [3.8, 4) is 5.75 Å². The van der Waals surface area contributed by atoms with Crippen LogP contribution in [0.1, 0.15) is 57.4 Å². The fourth-order valence-corrected chi connectivity index (χ4v) is 2.23. The van der Waals surface area contributed by atoms with Crippen LogP contribution < -0.4 is 4.74 Å². The Morgan fingerprint density at radius 2 is 1.75 bits per heavy atom. The number of unbranched alkanes of at least 4 members (excludes halogenated alkanes) is 6. The van der Waals surface area contributed by atoms with E-state index >= 15 is 0 Å². The highest BCUT2D eigenvalue weighted by Gasteiger charge is 2.05. The Hall–Kier alpha value is -1.57. The van der Waals surface area contributed by atoms with Crippen LogP contribution in [0.4, 0.5) is 0 Å². The van der Waals surface area contributed by atoms with Crippen LogP contribution in [0.15, 0.2) is 36.9 Å². The van der Waals surface area contributed by atoms with E-state index < -0.39 is 5.97 Å². The minimum absolute atomic E-state index is 0.392. The highest BCUT2D eigenvalue weighted by Crippen LogP contribution is 2.21. The fourth-order valence-electron chi connectivity index (χ4n) is 2.23. The lowest BCUT2D eigenvalue weighted by Gasteiger charge is -2.08. The van der Waals surface area contributed by atoms with E-state index in [0.717, 1.165) is 18.4 Å². The highest BCUT2D eigenvalue weighted by molar-refractivity contribution is 5.83. The number of aryl methyl sites for hydroxylation is 1. The van der Waals surface area contributed by atoms with Gasteiger partial charge in [-0.25, -0.2) is 4.79 Å². The summed E-state index contributed by atoms with van der Waals surface area (Å²) in [5.41, 5.74) is 1.11. The van der Waals surface area contributed by atoms with Gasteiger partial charge in [0.05, 0.1) is 0 Å². The average Bonchev–Trinajstić information content (AvgIpc) is 2.47. The summed E-state index contributed by atoms with van der Waals surface area (Å²) in [4.78, 5) is 11.3. The molecule has 0 atom stereocenters. The van der Waals surface area contributed by atoms with Crippen molar-refractivity contribution in [2.24, 2.45) is 0 Å². The number of esters is 1. The number of rotatable bonds is 10. The number of hydrogen-bond donors (Lipinski definition) is 0. The van der Waals surface area contributed by atoms with E-state index in [1.165, 1.54) is 44.6 Å². The van der Waals surface area contributed by atoms with Gasteiger partial charge in [-0.2, -0.15) is 0 Å². The van der Waals surface area contributed by atoms with Crippen LogP contribution in [0.5, 0.6) is 5.75 Å². The third-order valence-electron chi connectivity index (χ3n) is 3.40. The van der Waals surface area contributed by atoms with Crippen LogP contribution in [-0.4, -0.2) is 5.97 Å². The summed E-state index contributed by atoms with van der Waals surface area (Å²) in [6, 6.07) is 7.75. The third kappa shape index (κ3) is 6.55. The molecule has 1 aromatic rings. The van der Waals surface area contributed by atoms with E-state index in [0.29, 0.717) is 5.75 Å². The largest absolute Gasteiger partial charge is 0.423 e. The zero-order chi connectivity index (χ0) is 14.6. The summed E-state index contributed by atoms with van der Waals surface area (Å²) in [6.07, 6.45) is 11.2. The monoisotopic (exact) mass is 274 g/mol. The molecular formula is C18H26O2. The second-order valence-corrected chi connectivity index (χ2v) is 5.10. The van der Waals surface area contributed by atoms with Crippen molar-refractivity contribution in [3.05, 3.63) is 42.5 Å². The molecule has 110 valence electrons. The van der Waals surface area contributed by atoms with Crippen LogP contribution >= 0.6 is 0 Å². The molecule has 0 amide bonds. The van der Waals surface area contributed by atoms with Gasteiger partial charge in [0.15, 0.2) is 0 Å². The molecule has 0 aliphatic rings. The maximum absolute atomic E-state index is 11.3. The van der Waals surface area contributed by atoms with Gasteiger partial charge in [-0.1, -0.05) is 70.2 Å². The standard InChI is InChI=1S/C18H26O2/c1-3-5-6-7-8-9-10-13-16-14-11-12-15-17(16)20-18(19)4-2/h4,11-12,14-15H,2-3,5-10,13H2,1H3.